The van der Waals surface area contributed by atoms with E-state index < -0.39 is 5.97 Å². The highest BCUT2D eigenvalue weighted by Crippen LogP contribution is 2.32. The Bertz CT molecular complexity index is 1420. The number of fused-ring (bicyclic) bond motifs is 2. The number of hydrogen-bond acceptors (Lipinski definition) is 9. The molecule has 1 aliphatic heterocycles. The minimum atomic E-state index is -0.442. The Labute approximate surface area is 214 Å². The quantitative estimate of drug-likeness (QED) is 0.361. The Morgan fingerprint density at radius 1 is 1.19 bits per heavy atom. The van der Waals surface area contributed by atoms with Crippen LogP contribution in [0.5, 0.6) is 0 Å². The Hall–Kier alpha value is -3.54. The number of hydrogen-bond donors (Lipinski definition) is 1. The maximum absolute atomic E-state index is 13.1. The molecular weight excluding hydrogens is 474 g/mol. The van der Waals surface area contributed by atoms with Gasteiger partial charge in [0.1, 0.15) is 23.1 Å². The first kappa shape index (κ1) is 23.8. The summed E-state index contributed by atoms with van der Waals surface area (Å²) in [5.41, 5.74) is 3.35. The van der Waals surface area contributed by atoms with E-state index in [2.05, 4.69) is 37.1 Å². The molecule has 1 N–H and O–H groups in total. The van der Waals surface area contributed by atoms with Crippen molar-refractivity contribution in [1.82, 2.24) is 29.0 Å². The molecule has 5 heterocycles. The molecule has 0 unspecified atom stereocenters. The van der Waals surface area contributed by atoms with Crippen molar-refractivity contribution in [3.8, 4) is 11.3 Å². The van der Waals surface area contributed by atoms with E-state index in [-0.39, 0.29) is 12.2 Å². The number of anilines is 1. The molecule has 0 bridgehead atoms. The summed E-state index contributed by atoms with van der Waals surface area (Å²) in [5, 5.41) is 8.60. The second-order valence-corrected chi connectivity index (χ2v) is 9.43. The fraction of sp³-hybridized carbons (Fsp3) is 0.462. The number of esters is 1. The van der Waals surface area contributed by atoms with Crippen LogP contribution in [0.25, 0.3) is 27.9 Å². The molecule has 1 saturated heterocycles. The number of nitrogens with zero attached hydrogens (tertiary/aromatic N) is 6. The third-order valence-electron chi connectivity index (χ3n) is 7.33. The molecule has 1 aliphatic carbocycles. The van der Waals surface area contributed by atoms with Gasteiger partial charge in [-0.3, -0.25) is 4.90 Å². The van der Waals surface area contributed by atoms with Crippen LogP contribution in [0, 0.1) is 0 Å². The predicted molar refractivity (Wildman–Crippen MR) is 138 cm³/mol. The lowest BCUT2D eigenvalue weighted by molar-refractivity contribution is -0.0876. The number of pyridine rings is 1. The van der Waals surface area contributed by atoms with E-state index in [4.69, 9.17) is 19.2 Å². The van der Waals surface area contributed by atoms with Crippen LogP contribution in [0.15, 0.2) is 36.8 Å². The van der Waals surface area contributed by atoms with Gasteiger partial charge in [-0.15, -0.1) is 0 Å². The summed E-state index contributed by atoms with van der Waals surface area (Å²) in [7, 11) is 3.46. The monoisotopic (exact) mass is 505 g/mol. The molecule has 2 atom stereocenters. The molecule has 11 heteroatoms. The molecule has 2 aliphatic rings. The Balaban J connectivity index is 1.36. The minimum absolute atomic E-state index is 0.0572. The number of methoxy groups -OCH3 is 1. The average molecular weight is 506 g/mol. The van der Waals surface area contributed by atoms with E-state index >= 15 is 0 Å². The average Bonchev–Trinajstić information content (AvgIpc) is 3.52. The van der Waals surface area contributed by atoms with Crippen LogP contribution >= 0.6 is 0 Å². The third-order valence-corrected chi connectivity index (χ3v) is 7.33. The van der Waals surface area contributed by atoms with Gasteiger partial charge >= 0.3 is 5.97 Å². The zero-order valence-electron chi connectivity index (χ0n) is 21.1. The van der Waals surface area contributed by atoms with E-state index in [0.29, 0.717) is 11.2 Å². The normalized spacial score (nSPS) is 20.3. The van der Waals surface area contributed by atoms with Gasteiger partial charge in [-0.1, -0.05) is 0 Å². The van der Waals surface area contributed by atoms with Crippen molar-refractivity contribution in [1.29, 1.82) is 0 Å². The molecule has 2 fully saturated rings. The summed E-state index contributed by atoms with van der Waals surface area (Å²) < 4.78 is 20.4. The van der Waals surface area contributed by atoms with E-state index in [1.165, 1.54) is 6.20 Å². The van der Waals surface area contributed by atoms with Gasteiger partial charge in [0.2, 0.25) is 0 Å². The molecule has 0 aromatic carbocycles. The Morgan fingerprint density at radius 3 is 2.78 bits per heavy atom. The predicted octanol–water partition coefficient (Wildman–Crippen LogP) is 2.45. The largest absolute Gasteiger partial charge is 0.456 e. The SMILES string of the molecule is CNc1cc(-c2cn(CCN3CCOCC3)c3ncccc23)nc2c(C(=O)O[C@H]3CC[C@@H]3OC)cnn12. The maximum Gasteiger partial charge on any atom is 0.344 e. The second kappa shape index (κ2) is 10.1. The van der Waals surface area contributed by atoms with Gasteiger partial charge in [0.25, 0.3) is 0 Å². The molecule has 1 saturated carbocycles. The highest BCUT2D eigenvalue weighted by Gasteiger charge is 2.35. The summed E-state index contributed by atoms with van der Waals surface area (Å²) in [6.45, 7) is 5.15. The van der Waals surface area contributed by atoms with Crippen LogP contribution in [0.1, 0.15) is 23.2 Å². The third kappa shape index (κ3) is 4.43. The van der Waals surface area contributed by atoms with Crippen molar-refractivity contribution in [2.24, 2.45) is 0 Å². The molecule has 4 aromatic heterocycles. The Kier molecular flexibility index (Phi) is 6.49. The van der Waals surface area contributed by atoms with Gasteiger partial charge in [0.15, 0.2) is 5.65 Å². The number of ether oxygens (including phenoxy) is 3. The smallest absolute Gasteiger partial charge is 0.344 e. The van der Waals surface area contributed by atoms with E-state index in [9.17, 15) is 4.79 Å². The van der Waals surface area contributed by atoms with Gasteiger partial charge in [0, 0.05) is 69.7 Å². The van der Waals surface area contributed by atoms with Crippen LogP contribution in [0.3, 0.4) is 0 Å². The van der Waals surface area contributed by atoms with Gasteiger partial charge in [-0.05, 0) is 25.0 Å². The second-order valence-electron chi connectivity index (χ2n) is 9.43. The molecule has 6 rings (SSSR count). The number of aromatic nitrogens is 5. The number of nitrogens with one attached hydrogen (secondary N) is 1. The minimum Gasteiger partial charge on any atom is -0.456 e. The number of carbonyl (C=O) groups is 1. The van der Waals surface area contributed by atoms with Crippen molar-refractivity contribution in [2.75, 3.05) is 52.3 Å². The van der Waals surface area contributed by atoms with Crippen LogP contribution in [-0.2, 0) is 20.8 Å². The first-order chi connectivity index (χ1) is 18.2. The van der Waals surface area contributed by atoms with Crippen LogP contribution in [0.4, 0.5) is 5.82 Å². The molecule has 0 spiro atoms. The van der Waals surface area contributed by atoms with Crippen molar-refractivity contribution in [3.05, 3.63) is 42.4 Å². The fourth-order valence-corrected chi connectivity index (χ4v) is 5.04. The molecule has 37 heavy (non-hydrogen) atoms. The van der Waals surface area contributed by atoms with E-state index in [1.807, 2.05) is 25.4 Å². The van der Waals surface area contributed by atoms with Crippen molar-refractivity contribution in [2.45, 2.75) is 31.6 Å². The van der Waals surface area contributed by atoms with Crippen molar-refractivity contribution >= 4 is 28.5 Å². The molecule has 4 aromatic rings. The maximum atomic E-state index is 13.1. The zero-order chi connectivity index (χ0) is 25.4. The van der Waals surface area contributed by atoms with Gasteiger partial charge in [-0.2, -0.15) is 9.61 Å². The molecule has 11 nitrogen and oxygen atoms in total. The van der Waals surface area contributed by atoms with Gasteiger partial charge in [0.05, 0.1) is 31.2 Å². The van der Waals surface area contributed by atoms with Crippen molar-refractivity contribution in [3.63, 3.8) is 0 Å². The molecule has 0 radical (unpaired) electrons. The van der Waals surface area contributed by atoms with E-state index in [1.54, 1.807) is 11.6 Å². The van der Waals surface area contributed by atoms with E-state index in [0.717, 1.165) is 80.3 Å². The molecular formula is C26H31N7O4. The first-order valence-electron chi connectivity index (χ1n) is 12.7. The lowest BCUT2D eigenvalue weighted by Gasteiger charge is -2.34. The number of morpholine rings is 1. The highest BCUT2D eigenvalue weighted by molar-refractivity contribution is 5.98. The lowest BCUT2D eigenvalue weighted by Crippen LogP contribution is -2.41. The topological polar surface area (TPSA) is 108 Å². The lowest BCUT2D eigenvalue weighted by atomic mass is 9.92. The number of carbonyl (C=O) groups excluding carboxylic acids is 1. The summed E-state index contributed by atoms with van der Waals surface area (Å²) in [4.78, 5) is 25.0. The van der Waals surface area contributed by atoms with Gasteiger partial charge < -0.3 is 24.1 Å². The molecule has 194 valence electrons. The highest BCUT2D eigenvalue weighted by atomic mass is 16.6. The van der Waals surface area contributed by atoms with Crippen LogP contribution < -0.4 is 5.32 Å². The first-order valence-corrected chi connectivity index (χ1v) is 12.7. The fourth-order valence-electron chi connectivity index (χ4n) is 5.04. The summed E-state index contributed by atoms with van der Waals surface area (Å²) in [6, 6.07) is 5.93. The number of rotatable bonds is 8. The van der Waals surface area contributed by atoms with Crippen LogP contribution in [-0.4, -0.2) is 94.2 Å². The summed E-state index contributed by atoms with van der Waals surface area (Å²) >= 11 is 0. The zero-order valence-corrected chi connectivity index (χ0v) is 21.1. The molecule has 0 amide bonds. The van der Waals surface area contributed by atoms with Crippen LogP contribution in [0.2, 0.25) is 0 Å². The van der Waals surface area contributed by atoms with Crippen molar-refractivity contribution < 1.29 is 19.0 Å². The standard InChI is InChI=1S/C26H31N7O4/c1-27-23-14-20(30-25-18(15-29-33(23)25)26(34)37-22-6-5-21(22)35-2)19-16-32(24-17(19)4-3-7-28-24)9-8-31-10-12-36-13-11-31/h3-4,7,14-16,21-22,27H,5-6,8-13H2,1-2H3/t21-,22-/m0/s1. The summed E-state index contributed by atoms with van der Waals surface area (Å²) in [5.74, 6) is 0.277. The Morgan fingerprint density at radius 2 is 2.03 bits per heavy atom. The summed E-state index contributed by atoms with van der Waals surface area (Å²) in [6.07, 6.45) is 6.81. The van der Waals surface area contributed by atoms with Gasteiger partial charge in [-0.25, -0.2) is 14.8 Å².